The molecule has 0 aliphatic heterocycles. The topological polar surface area (TPSA) is 72.2 Å². The number of fused-ring (bicyclic) bond motifs is 2. The van der Waals surface area contributed by atoms with Gasteiger partial charge in [-0.05, 0) is 56.3 Å². The summed E-state index contributed by atoms with van der Waals surface area (Å²) in [6.45, 7) is 6.37. The highest BCUT2D eigenvalue weighted by molar-refractivity contribution is 6.03. The third-order valence-electron chi connectivity index (χ3n) is 5.95. The van der Waals surface area contributed by atoms with Crippen LogP contribution in [0.5, 0.6) is 0 Å². The summed E-state index contributed by atoms with van der Waals surface area (Å²) in [5, 5.41) is 7.15. The van der Waals surface area contributed by atoms with Crippen LogP contribution in [0, 0.1) is 0 Å². The van der Waals surface area contributed by atoms with Crippen molar-refractivity contribution in [2.45, 2.75) is 38.6 Å². The van der Waals surface area contributed by atoms with Crippen LogP contribution >= 0.6 is 0 Å². The lowest BCUT2D eigenvalue weighted by atomic mass is 9.86. The Hall–Kier alpha value is -3.66. The standard InChI is InChI=1S/C28H28N2O2/c1-28(2,3)21-14-12-18(13-15-21)27(32)30-25(26(29)31)17-24-22-10-6-4-8-19(22)16-20-9-5-7-11-23(20)24/h4-16,25H,17H2,1-3H3,(H2,29,31)(H,30,32)/t25-/m1/s1. The van der Waals surface area contributed by atoms with Crippen molar-refractivity contribution in [1.82, 2.24) is 5.32 Å². The van der Waals surface area contributed by atoms with E-state index in [0.717, 1.165) is 32.7 Å². The van der Waals surface area contributed by atoms with Crippen LogP contribution in [-0.2, 0) is 16.6 Å². The van der Waals surface area contributed by atoms with E-state index in [9.17, 15) is 9.59 Å². The Morgan fingerprint density at radius 1 is 0.844 bits per heavy atom. The van der Waals surface area contributed by atoms with Gasteiger partial charge >= 0.3 is 0 Å². The third-order valence-corrected chi connectivity index (χ3v) is 5.95. The molecule has 1 atom stereocenters. The van der Waals surface area contributed by atoms with Crippen molar-refractivity contribution in [2.75, 3.05) is 0 Å². The van der Waals surface area contributed by atoms with Gasteiger partial charge in [0.25, 0.3) is 5.91 Å². The molecule has 4 heteroatoms. The minimum atomic E-state index is -0.820. The lowest BCUT2D eigenvalue weighted by molar-refractivity contribution is -0.119. The number of benzene rings is 4. The summed E-state index contributed by atoms with van der Waals surface area (Å²) in [5.41, 5.74) is 8.38. The molecule has 0 radical (unpaired) electrons. The van der Waals surface area contributed by atoms with Gasteiger partial charge in [-0.15, -0.1) is 0 Å². The molecule has 0 aliphatic carbocycles. The van der Waals surface area contributed by atoms with Gasteiger partial charge in [0, 0.05) is 12.0 Å². The molecule has 0 aromatic heterocycles. The molecule has 0 saturated heterocycles. The Balaban J connectivity index is 1.66. The number of nitrogens with one attached hydrogen (secondary N) is 1. The summed E-state index contributed by atoms with van der Waals surface area (Å²) in [7, 11) is 0. The summed E-state index contributed by atoms with van der Waals surface area (Å²) in [5.74, 6) is -0.861. The van der Waals surface area contributed by atoms with E-state index in [0.29, 0.717) is 12.0 Å². The van der Waals surface area contributed by atoms with E-state index in [1.165, 1.54) is 0 Å². The zero-order valence-corrected chi connectivity index (χ0v) is 18.7. The Morgan fingerprint density at radius 3 is 1.88 bits per heavy atom. The SMILES string of the molecule is CC(C)(C)c1ccc(C(=O)N[C@H](Cc2c3ccccc3cc3ccccc23)C(N)=O)cc1. The highest BCUT2D eigenvalue weighted by Gasteiger charge is 2.22. The van der Waals surface area contributed by atoms with E-state index in [1.807, 2.05) is 48.5 Å². The number of carbonyl (C=O) groups excluding carboxylic acids is 2. The van der Waals surface area contributed by atoms with Gasteiger partial charge in [0.1, 0.15) is 6.04 Å². The second kappa shape index (κ2) is 8.46. The quantitative estimate of drug-likeness (QED) is 0.437. The van der Waals surface area contributed by atoms with Gasteiger partial charge < -0.3 is 11.1 Å². The monoisotopic (exact) mass is 424 g/mol. The number of hydrogen-bond donors (Lipinski definition) is 2. The van der Waals surface area contributed by atoms with Crippen molar-refractivity contribution in [1.29, 1.82) is 0 Å². The summed E-state index contributed by atoms with van der Waals surface area (Å²) in [6, 6.07) is 25.0. The first-order valence-corrected chi connectivity index (χ1v) is 10.8. The van der Waals surface area contributed by atoms with E-state index in [-0.39, 0.29) is 11.3 Å². The van der Waals surface area contributed by atoms with E-state index in [2.05, 4.69) is 44.3 Å². The predicted molar refractivity (Wildman–Crippen MR) is 131 cm³/mol. The van der Waals surface area contributed by atoms with Gasteiger partial charge in [0.15, 0.2) is 0 Å². The lowest BCUT2D eigenvalue weighted by Gasteiger charge is -2.20. The largest absolute Gasteiger partial charge is 0.368 e. The summed E-state index contributed by atoms with van der Waals surface area (Å²) < 4.78 is 0. The first-order chi connectivity index (χ1) is 15.2. The molecule has 32 heavy (non-hydrogen) atoms. The number of carbonyl (C=O) groups is 2. The molecule has 4 nitrogen and oxygen atoms in total. The Bertz CT molecular complexity index is 1250. The van der Waals surface area contributed by atoms with Crippen LogP contribution < -0.4 is 11.1 Å². The molecule has 162 valence electrons. The molecule has 0 saturated carbocycles. The van der Waals surface area contributed by atoms with Crippen LogP contribution in [0.25, 0.3) is 21.5 Å². The molecule has 0 aliphatic rings. The second-order valence-electron chi connectivity index (χ2n) is 9.26. The van der Waals surface area contributed by atoms with Crippen molar-refractivity contribution < 1.29 is 9.59 Å². The van der Waals surface area contributed by atoms with Gasteiger partial charge in [0.05, 0.1) is 0 Å². The highest BCUT2D eigenvalue weighted by atomic mass is 16.2. The van der Waals surface area contributed by atoms with E-state index in [4.69, 9.17) is 5.73 Å². The van der Waals surface area contributed by atoms with Crippen LogP contribution in [0.2, 0.25) is 0 Å². The Morgan fingerprint density at radius 2 is 1.38 bits per heavy atom. The average molecular weight is 425 g/mol. The number of rotatable bonds is 5. The molecule has 0 bridgehead atoms. The molecular formula is C28H28N2O2. The zero-order valence-electron chi connectivity index (χ0n) is 18.7. The second-order valence-corrected chi connectivity index (χ2v) is 9.26. The smallest absolute Gasteiger partial charge is 0.251 e. The lowest BCUT2D eigenvalue weighted by Crippen LogP contribution is -2.45. The van der Waals surface area contributed by atoms with Crippen molar-refractivity contribution in [3.05, 3.63) is 95.6 Å². The Labute approximate surface area is 188 Å². The summed E-state index contributed by atoms with van der Waals surface area (Å²) in [6.07, 6.45) is 0.322. The molecule has 4 aromatic carbocycles. The first-order valence-electron chi connectivity index (χ1n) is 10.8. The van der Waals surface area contributed by atoms with E-state index < -0.39 is 11.9 Å². The highest BCUT2D eigenvalue weighted by Crippen LogP contribution is 2.29. The molecular weight excluding hydrogens is 396 g/mol. The van der Waals surface area contributed by atoms with E-state index >= 15 is 0 Å². The fourth-order valence-corrected chi connectivity index (χ4v) is 4.12. The van der Waals surface area contributed by atoms with Crippen molar-refractivity contribution in [2.24, 2.45) is 5.73 Å². The predicted octanol–water partition coefficient (Wildman–Crippen LogP) is 5.12. The van der Waals surface area contributed by atoms with Crippen molar-refractivity contribution >= 4 is 33.4 Å². The molecule has 0 unspecified atom stereocenters. The third kappa shape index (κ3) is 4.35. The maximum Gasteiger partial charge on any atom is 0.251 e. The average Bonchev–Trinajstić information content (AvgIpc) is 2.77. The molecule has 0 fully saturated rings. The molecule has 0 spiro atoms. The first kappa shape index (κ1) is 21.6. The van der Waals surface area contributed by atoms with Gasteiger partial charge in [0.2, 0.25) is 5.91 Å². The summed E-state index contributed by atoms with van der Waals surface area (Å²) in [4.78, 5) is 25.3. The Kier molecular flexibility index (Phi) is 5.70. The fraction of sp³-hybridized carbons (Fsp3) is 0.214. The van der Waals surface area contributed by atoms with Gasteiger partial charge in [-0.1, -0.05) is 81.4 Å². The molecule has 3 N–H and O–H groups in total. The normalized spacial score (nSPS) is 12.6. The summed E-state index contributed by atoms with van der Waals surface area (Å²) >= 11 is 0. The minimum Gasteiger partial charge on any atom is -0.368 e. The van der Waals surface area contributed by atoms with Gasteiger partial charge in [-0.25, -0.2) is 0 Å². The molecule has 2 amide bonds. The zero-order chi connectivity index (χ0) is 22.9. The number of amides is 2. The minimum absolute atomic E-state index is 0.000186. The van der Waals surface area contributed by atoms with Crippen molar-refractivity contribution in [3.63, 3.8) is 0 Å². The number of nitrogens with two attached hydrogens (primary N) is 1. The van der Waals surface area contributed by atoms with E-state index in [1.54, 1.807) is 12.1 Å². The number of hydrogen-bond acceptors (Lipinski definition) is 2. The van der Waals surface area contributed by atoms with Crippen molar-refractivity contribution in [3.8, 4) is 0 Å². The maximum absolute atomic E-state index is 12.9. The fourth-order valence-electron chi connectivity index (χ4n) is 4.12. The van der Waals surface area contributed by atoms with Gasteiger partial charge in [-0.2, -0.15) is 0 Å². The van der Waals surface area contributed by atoms with Crippen LogP contribution in [0.3, 0.4) is 0 Å². The molecule has 0 heterocycles. The van der Waals surface area contributed by atoms with Crippen LogP contribution in [-0.4, -0.2) is 17.9 Å². The molecule has 4 aromatic rings. The van der Waals surface area contributed by atoms with Crippen LogP contribution in [0.15, 0.2) is 78.9 Å². The van der Waals surface area contributed by atoms with Crippen LogP contribution in [0.4, 0.5) is 0 Å². The molecule has 4 rings (SSSR count). The maximum atomic E-state index is 12.9. The number of primary amides is 1. The van der Waals surface area contributed by atoms with Crippen LogP contribution in [0.1, 0.15) is 42.3 Å². The van der Waals surface area contributed by atoms with Gasteiger partial charge in [-0.3, -0.25) is 9.59 Å².